The Morgan fingerprint density at radius 1 is 1.39 bits per heavy atom. The van der Waals surface area contributed by atoms with Crippen LogP contribution in [-0.4, -0.2) is 26.6 Å². The molecule has 0 aliphatic heterocycles. The van der Waals surface area contributed by atoms with Crippen LogP contribution in [0.3, 0.4) is 0 Å². The molecule has 0 saturated heterocycles. The number of nitrogens with two attached hydrogens (primary N) is 1. The highest BCUT2D eigenvalue weighted by Gasteiger charge is 2.33. The fraction of sp³-hybridized carbons (Fsp3) is 0.286. The third-order valence-electron chi connectivity index (χ3n) is 3.19. The number of hydrogen-bond donors (Lipinski definition) is 2. The van der Waals surface area contributed by atoms with Crippen molar-refractivity contribution in [3.63, 3.8) is 0 Å². The van der Waals surface area contributed by atoms with E-state index in [0.717, 1.165) is 4.68 Å². The number of amides is 2. The molecule has 23 heavy (non-hydrogen) atoms. The normalized spacial score (nSPS) is 11.3. The van der Waals surface area contributed by atoms with E-state index in [1.54, 1.807) is 0 Å². The molecule has 0 aliphatic rings. The van der Waals surface area contributed by atoms with Gasteiger partial charge in [-0.3, -0.25) is 19.3 Å². The highest BCUT2D eigenvalue weighted by Crippen LogP contribution is 2.30. The summed E-state index contributed by atoms with van der Waals surface area (Å²) in [5, 5.41) is 6.22. The lowest BCUT2D eigenvalue weighted by molar-refractivity contribution is 0.0116. The largest absolute Gasteiger partial charge is 0.364 e. The summed E-state index contributed by atoms with van der Waals surface area (Å²) in [6.07, 6.45) is 1.30. The summed E-state index contributed by atoms with van der Waals surface area (Å²) in [5.41, 5.74) is 4.98. The predicted molar refractivity (Wildman–Crippen MR) is 78.2 cm³/mol. The van der Waals surface area contributed by atoms with E-state index >= 15 is 0 Å². The van der Waals surface area contributed by atoms with Gasteiger partial charge in [0, 0.05) is 31.4 Å². The highest BCUT2D eigenvalue weighted by molar-refractivity contribution is 6.04. The van der Waals surface area contributed by atoms with Gasteiger partial charge in [-0.05, 0) is 19.1 Å². The van der Waals surface area contributed by atoms with Crippen LogP contribution < -0.4 is 11.1 Å². The van der Waals surface area contributed by atoms with Gasteiger partial charge in [0.05, 0.1) is 0 Å². The third-order valence-corrected chi connectivity index (χ3v) is 3.19. The number of alkyl halides is 2. The number of halogens is 2. The monoisotopic (exact) mass is 323 g/mol. The second-order valence-electron chi connectivity index (χ2n) is 5.08. The van der Waals surface area contributed by atoms with Crippen LogP contribution in [0.4, 0.5) is 14.5 Å². The maximum Gasteiger partial charge on any atom is 0.289 e. The number of nitrogens with zero attached hydrogens (tertiary/aromatic N) is 3. The summed E-state index contributed by atoms with van der Waals surface area (Å²) in [6, 6.07) is 2.74. The van der Waals surface area contributed by atoms with Gasteiger partial charge in [0.25, 0.3) is 17.7 Å². The molecule has 0 atom stereocenters. The number of rotatable bonds is 4. The quantitative estimate of drug-likeness (QED) is 0.891. The van der Waals surface area contributed by atoms with Crippen molar-refractivity contribution in [2.45, 2.75) is 19.8 Å². The maximum absolute atomic E-state index is 13.5. The SMILES string of the molecule is Cc1c(C(C)(F)F)nn(C)c1C(=O)Nc1ccnc(C(N)=O)c1. The molecule has 3 N–H and O–H groups in total. The number of carbonyl (C=O) groups is 2. The van der Waals surface area contributed by atoms with Gasteiger partial charge in [0.15, 0.2) is 0 Å². The van der Waals surface area contributed by atoms with Crippen LogP contribution >= 0.6 is 0 Å². The number of hydrogen-bond acceptors (Lipinski definition) is 4. The smallest absolute Gasteiger partial charge is 0.289 e. The average molecular weight is 323 g/mol. The minimum absolute atomic E-state index is 0.000961. The van der Waals surface area contributed by atoms with E-state index in [-0.39, 0.29) is 22.6 Å². The zero-order valence-electron chi connectivity index (χ0n) is 12.7. The lowest BCUT2D eigenvalue weighted by Gasteiger charge is -2.08. The summed E-state index contributed by atoms with van der Waals surface area (Å²) in [6.45, 7) is 2.11. The number of anilines is 1. The number of pyridine rings is 1. The molecule has 0 bridgehead atoms. The van der Waals surface area contributed by atoms with Crippen molar-refractivity contribution in [2.24, 2.45) is 12.8 Å². The average Bonchev–Trinajstić information content (AvgIpc) is 2.74. The Labute approximate surface area is 130 Å². The van der Waals surface area contributed by atoms with Gasteiger partial charge >= 0.3 is 0 Å². The number of aromatic nitrogens is 3. The number of carbonyl (C=O) groups excluding carboxylic acids is 2. The van der Waals surface area contributed by atoms with Gasteiger partial charge < -0.3 is 11.1 Å². The summed E-state index contributed by atoms with van der Waals surface area (Å²) in [4.78, 5) is 27.2. The van der Waals surface area contributed by atoms with Crippen molar-refractivity contribution >= 4 is 17.5 Å². The Hall–Kier alpha value is -2.84. The van der Waals surface area contributed by atoms with E-state index in [2.05, 4.69) is 15.4 Å². The molecule has 2 heterocycles. The first kappa shape index (κ1) is 16.5. The second-order valence-corrected chi connectivity index (χ2v) is 5.08. The predicted octanol–water partition coefficient (Wildman–Crippen LogP) is 1.59. The van der Waals surface area contributed by atoms with Crippen molar-refractivity contribution < 1.29 is 18.4 Å². The van der Waals surface area contributed by atoms with E-state index in [0.29, 0.717) is 6.92 Å². The molecule has 0 unspecified atom stereocenters. The van der Waals surface area contributed by atoms with Gasteiger partial charge in [0.2, 0.25) is 0 Å². The second kappa shape index (κ2) is 5.75. The topological polar surface area (TPSA) is 103 Å². The van der Waals surface area contributed by atoms with E-state index < -0.39 is 23.4 Å². The highest BCUT2D eigenvalue weighted by atomic mass is 19.3. The lowest BCUT2D eigenvalue weighted by Crippen LogP contribution is -2.18. The molecule has 122 valence electrons. The number of nitrogens with one attached hydrogen (secondary N) is 1. The Kier molecular flexibility index (Phi) is 4.13. The Bertz CT molecular complexity index is 780. The number of primary amides is 1. The van der Waals surface area contributed by atoms with E-state index in [9.17, 15) is 18.4 Å². The van der Waals surface area contributed by atoms with E-state index in [1.807, 2.05) is 0 Å². The fourth-order valence-electron chi connectivity index (χ4n) is 2.20. The van der Waals surface area contributed by atoms with Crippen LogP contribution in [-0.2, 0) is 13.0 Å². The van der Waals surface area contributed by atoms with Gasteiger partial charge in [-0.15, -0.1) is 0 Å². The molecule has 0 aromatic carbocycles. The Morgan fingerprint density at radius 2 is 2.04 bits per heavy atom. The molecule has 2 aromatic heterocycles. The molecule has 2 aromatic rings. The van der Waals surface area contributed by atoms with Crippen LogP contribution in [0.2, 0.25) is 0 Å². The molecule has 0 fully saturated rings. The zero-order valence-corrected chi connectivity index (χ0v) is 12.7. The van der Waals surface area contributed by atoms with Crippen molar-refractivity contribution in [1.82, 2.24) is 14.8 Å². The first-order valence-corrected chi connectivity index (χ1v) is 6.60. The van der Waals surface area contributed by atoms with Crippen molar-refractivity contribution in [3.8, 4) is 0 Å². The van der Waals surface area contributed by atoms with Crippen LogP contribution in [0.15, 0.2) is 18.3 Å². The zero-order chi connectivity index (χ0) is 17.4. The van der Waals surface area contributed by atoms with Gasteiger partial charge in [-0.2, -0.15) is 13.9 Å². The van der Waals surface area contributed by atoms with Gasteiger partial charge in [-0.25, -0.2) is 0 Å². The summed E-state index contributed by atoms with van der Waals surface area (Å²) < 4.78 is 28.0. The third kappa shape index (κ3) is 3.33. The number of aryl methyl sites for hydroxylation is 1. The van der Waals surface area contributed by atoms with Crippen molar-refractivity contribution in [3.05, 3.63) is 41.0 Å². The minimum atomic E-state index is -3.16. The van der Waals surface area contributed by atoms with Crippen molar-refractivity contribution in [2.75, 3.05) is 5.32 Å². The van der Waals surface area contributed by atoms with Crippen molar-refractivity contribution in [1.29, 1.82) is 0 Å². The lowest BCUT2D eigenvalue weighted by atomic mass is 10.1. The maximum atomic E-state index is 13.5. The molecule has 9 heteroatoms. The fourth-order valence-corrected chi connectivity index (χ4v) is 2.20. The first-order chi connectivity index (χ1) is 10.6. The molecular formula is C14H15F2N5O2. The Balaban J connectivity index is 2.34. The van der Waals surface area contributed by atoms with Crippen LogP contribution in [0, 0.1) is 6.92 Å². The van der Waals surface area contributed by atoms with Crippen LogP contribution in [0.5, 0.6) is 0 Å². The first-order valence-electron chi connectivity index (χ1n) is 6.60. The molecule has 2 rings (SSSR count). The van der Waals surface area contributed by atoms with Crippen LogP contribution in [0.25, 0.3) is 0 Å². The molecule has 2 amide bonds. The Morgan fingerprint density at radius 3 is 2.57 bits per heavy atom. The molecule has 0 saturated carbocycles. The van der Waals surface area contributed by atoms with Gasteiger partial charge in [-0.1, -0.05) is 0 Å². The molecule has 0 spiro atoms. The van der Waals surface area contributed by atoms with Crippen LogP contribution in [0.1, 0.15) is 39.2 Å². The molecule has 0 radical (unpaired) electrons. The van der Waals surface area contributed by atoms with E-state index in [1.165, 1.54) is 32.3 Å². The van der Waals surface area contributed by atoms with E-state index in [4.69, 9.17) is 5.73 Å². The molecule has 0 aliphatic carbocycles. The summed E-state index contributed by atoms with van der Waals surface area (Å²) >= 11 is 0. The molecule has 7 nitrogen and oxygen atoms in total. The standard InChI is InChI=1S/C14H15F2N5O2/c1-7-10(21(3)20-11(7)14(2,15)16)13(23)19-8-4-5-18-9(6-8)12(17)22/h4-6H,1-3H3,(H2,17,22)(H,18,19,23). The summed E-state index contributed by atoms with van der Waals surface area (Å²) in [5.74, 6) is -4.53. The van der Waals surface area contributed by atoms with Gasteiger partial charge in [0.1, 0.15) is 17.1 Å². The minimum Gasteiger partial charge on any atom is -0.364 e. The summed E-state index contributed by atoms with van der Waals surface area (Å²) in [7, 11) is 1.40. The molecular weight excluding hydrogens is 308 g/mol.